The maximum atomic E-state index is 12.4. The van der Waals surface area contributed by atoms with Gasteiger partial charge < -0.3 is 14.7 Å². The maximum Gasteiger partial charge on any atom is 0.264 e. The van der Waals surface area contributed by atoms with Crippen LogP contribution in [0, 0.1) is 6.92 Å². The molecule has 0 aromatic carbocycles. The highest BCUT2D eigenvalue weighted by molar-refractivity contribution is 8.00. The van der Waals surface area contributed by atoms with Crippen molar-refractivity contribution < 1.29 is 14.4 Å². The highest BCUT2D eigenvalue weighted by Gasteiger charge is 2.29. The Kier molecular flexibility index (Phi) is 4.91. The van der Waals surface area contributed by atoms with Crippen LogP contribution in [0.25, 0.3) is 0 Å². The molecule has 2 aliphatic heterocycles. The van der Waals surface area contributed by atoms with E-state index in [9.17, 15) is 14.4 Å². The standard InChI is InChI=1S/C15H19N3O3S2/c1-11-2-3-12(23-11)15(21)17-6-4-16(5-7-17)13(19)8-18-10-22-9-14(18)20/h2-3H,4-10H2,1H3. The van der Waals surface area contributed by atoms with Gasteiger partial charge in [0.2, 0.25) is 11.8 Å². The SMILES string of the molecule is Cc1ccc(C(=O)N2CCN(C(=O)CN3CSCC3=O)CC2)s1. The summed E-state index contributed by atoms with van der Waals surface area (Å²) in [7, 11) is 0. The molecule has 124 valence electrons. The first-order valence-corrected chi connectivity index (χ1v) is 9.51. The maximum absolute atomic E-state index is 12.4. The molecule has 1 aromatic rings. The number of thiophene rings is 1. The third-order valence-corrected chi connectivity index (χ3v) is 5.96. The number of thioether (sulfide) groups is 1. The summed E-state index contributed by atoms with van der Waals surface area (Å²) in [4.78, 5) is 43.3. The predicted octanol–water partition coefficient (Wildman–Crippen LogP) is 0.874. The molecule has 3 rings (SSSR count). The lowest BCUT2D eigenvalue weighted by atomic mass is 10.2. The van der Waals surface area contributed by atoms with Gasteiger partial charge in [-0.1, -0.05) is 0 Å². The van der Waals surface area contributed by atoms with Gasteiger partial charge in [0.05, 0.1) is 16.5 Å². The lowest BCUT2D eigenvalue weighted by Crippen LogP contribution is -2.52. The summed E-state index contributed by atoms with van der Waals surface area (Å²) in [6.07, 6.45) is 0. The molecule has 0 N–H and O–H groups in total. The van der Waals surface area contributed by atoms with E-state index in [1.807, 2.05) is 19.1 Å². The highest BCUT2D eigenvalue weighted by Crippen LogP contribution is 2.19. The van der Waals surface area contributed by atoms with E-state index in [1.165, 1.54) is 23.1 Å². The fourth-order valence-electron chi connectivity index (χ4n) is 2.67. The molecule has 0 unspecified atom stereocenters. The molecule has 3 amide bonds. The quantitative estimate of drug-likeness (QED) is 0.809. The van der Waals surface area contributed by atoms with E-state index in [4.69, 9.17) is 0 Å². The molecule has 0 atom stereocenters. The topological polar surface area (TPSA) is 60.9 Å². The van der Waals surface area contributed by atoms with Crippen LogP contribution >= 0.6 is 23.1 Å². The molecule has 0 aliphatic carbocycles. The number of rotatable bonds is 3. The molecule has 1 aromatic heterocycles. The molecule has 23 heavy (non-hydrogen) atoms. The van der Waals surface area contributed by atoms with E-state index in [-0.39, 0.29) is 24.3 Å². The molecule has 0 saturated carbocycles. The molecule has 0 radical (unpaired) electrons. The third-order valence-electron chi connectivity index (χ3n) is 4.02. The Balaban J connectivity index is 1.51. The van der Waals surface area contributed by atoms with Crippen molar-refractivity contribution in [1.29, 1.82) is 0 Å². The fourth-order valence-corrected chi connectivity index (χ4v) is 4.41. The van der Waals surface area contributed by atoms with Crippen molar-refractivity contribution in [3.05, 3.63) is 21.9 Å². The number of nitrogens with zero attached hydrogens (tertiary/aromatic N) is 3. The lowest BCUT2D eigenvalue weighted by molar-refractivity contribution is -0.138. The van der Waals surface area contributed by atoms with Crippen LogP contribution < -0.4 is 0 Å². The van der Waals surface area contributed by atoms with Crippen LogP contribution in [0.5, 0.6) is 0 Å². The minimum atomic E-state index is -0.0279. The van der Waals surface area contributed by atoms with E-state index in [2.05, 4.69) is 0 Å². The average Bonchev–Trinajstić information content (AvgIpc) is 3.16. The molecular formula is C15H19N3O3S2. The molecule has 0 bridgehead atoms. The monoisotopic (exact) mass is 353 g/mol. The second kappa shape index (κ2) is 6.92. The second-order valence-corrected chi connectivity index (χ2v) is 7.90. The predicted molar refractivity (Wildman–Crippen MR) is 90.6 cm³/mol. The van der Waals surface area contributed by atoms with Crippen molar-refractivity contribution in [2.75, 3.05) is 44.4 Å². The van der Waals surface area contributed by atoms with Crippen LogP contribution in [0.15, 0.2) is 12.1 Å². The van der Waals surface area contributed by atoms with Gasteiger partial charge in [0.1, 0.15) is 6.54 Å². The molecular weight excluding hydrogens is 334 g/mol. The number of carbonyl (C=O) groups is 3. The molecule has 6 nitrogen and oxygen atoms in total. The first kappa shape index (κ1) is 16.3. The summed E-state index contributed by atoms with van der Waals surface area (Å²) < 4.78 is 0. The van der Waals surface area contributed by atoms with Gasteiger partial charge >= 0.3 is 0 Å². The Bertz CT molecular complexity index is 623. The van der Waals surface area contributed by atoms with Gasteiger partial charge in [-0.05, 0) is 19.1 Å². The fraction of sp³-hybridized carbons (Fsp3) is 0.533. The Morgan fingerprint density at radius 2 is 1.83 bits per heavy atom. The van der Waals surface area contributed by atoms with Crippen molar-refractivity contribution in [3.63, 3.8) is 0 Å². The van der Waals surface area contributed by atoms with Crippen molar-refractivity contribution in [2.45, 2.75) is 6.92 Å². The average molecular weight is 353 g/mol. The van der Waals surface area contributed by atoms with Crippen molar-refractivity contribution in [1.82, 2.24) is 14.7 Å². The minimum Gasteiger partial charge on any atom is -0.338 e. The minimum absolute atomic E-state index is 0.0279. The second-order valence-electron chi connectivity index (χ2n) is 5.65. The smallest absolute Gasteiger partial charge is 0.264 e. The molecule has 8 heteroatoms. The number of hydrogen-bond acceptors (Lipinski definition) is 5. The normalized spacial score (nSPS) is 18.7. The molecule has 2 fully saturated rings. The summed E-state index contributed by atoms with van der Waals surface area (Å²) in [6, 6.07) is 3.80. The van der Waals surface area contributed by atoms with E-state index in [1.54, 1.807) is 14.7 Å². The molecule has 3 heterocycles. The number of hydrogen-bond donors (Lipinski definition) is 0. The van der Waals surface area contributed by atoms with Gasteiger partial charge in [-0.25, -0.2) is 0 Å². The Labute approximate surface area is 143 Å². The van der Waals surface area contributed by atoms with Crippen LogP contribution in [0.1, 0.15) is 14.5 Å². The Morgan fingerprint density at radius 3 is 2.39 bits per heavy atom. The first-order chi connectivity index (χ1) is 11.0. The Hall–Kier alpha value is -1.54. The lowest BCUT2D eigenvalue weighted by Gasteiger charge is -2.35. The van der Waals surface area contributed by atoms with Crippen LogP contribution in [-0.2, 0) is 9.59 Å². The van der Waals surface area contributed by atoms with Gasteiger partial charge in [-0.2, -0.15) is 0 Å². The number of carbonyl (C=O) groups excluding carboxylic acids is 3. The van der Waals surface area contributed by atoms with E-state index >= 15 is 0 Å². The highest BCUT2D eigenvalue weighted by atomic mass is 32.2. The Morgan fingerprint density at radius 1 is 1.13 bits per heavy atom. The van der Waals surface area contributed by atoms with Crippen molar-refractivity contribution in [2.24, 2.45) is 0 Å². The summed E-state index contributed by atoms with van der Waals surface area (Å²) in [5.41, 5.74) is 0. The van der Waals surface area contributed by atoms with Crippen LogP contribution in [0.3, 0.4) is 0 Å². The van der Waals surface area contributed by atoms with Gasteiger partial charge in [0, 0.05) is 31.1 Å². The molecule has 2 saturated heterocycles. The van der Waals surface area contributed by atoms with E-state index in [0.717, 1.165) is 9.75 Å². The number of aryl methyl sites for hydroxylation is 1. The molecule has 2 aliphatic rings. The summed E-state index contributed by atoms with van der Waals surface area (Å²) in [6.45, 7) is 4.29. The summed E-state index contributed by atoms with van der Waals surface area (Å²) in [5.74, 6) is 1.11. The van der Waals surface area contributed by atoms with Crippen molar-refractivity contribution in [3.8, 4) is 0 Å². The van der Waals surface area contributed by atoms with Gasteiger partial charge in [-0.3, -0.25) is 14.4 Å². The number of amides is 3. The summed E-state index contributed by atoms with van der Waals surface area (Å²) in [5, 5.41) is 0. The third kappa shape index (κ3) is 3.69. The van der Waals surface area contributed by atoms with Crippen LogP contribution in [0.2, 0.25) is 0 Å². The van der Waals surface area contributed by atoms with Gasteiger partial charge in [0.15, 0.2) is 0 Å². The van der Waals surface area contributed by atoms with Gasteiger partial charge in [0.25, 0.3) is 5.91 Å². The molecule has 0 spiro atoms. The zero-order valence-corrected chi connectivity index (χ0v) is 14.6. The van der Waals surface area contributed by atoms with E-state index < -0.39 is 0 Å². The largest absolute Gasteiger partial charge is 0.338 e. The van der Waals surface area contributed by atoms with Crippen molar-refractivity contribution >= 4 is 40.8 Å². The summed E-state index contributed by atoms with van der Waals surface area (Å²) >= 11 is 3.04. The van der Waals surface area contributed by atoms with Gasteiger partial charge in [-0.15, -0.1) is 23.1 Å². The first-order valence-electron chi connectivity index (χ1n) is 7.53. The van der Waals surface area contributed by atoms with Crippen LogP contribution in [-0.4, -0.2) is 76.8 Å². The zero-order chi connectivity index (χ0) is 16.4. The van der Waals surface area contributed by atoms with E-state index in [0.29, 0.717) is 37.8 Å². The zero-order valence-electron chi connectivity index (χ0n) is 13.0. The number of piperazine rings is 1. The van der Waals surface area contributed by atoms with Crippen LogP contribution in [0.4, 0.5) is 0 Å².